The van der Waals surface area contributed by atoms with E-state index in [0.29, 0.717) is 31.7 Å². The van der Waals surface area contributed by atoms with Crippen LogP contribution in [-0.2, 0) is 13.1 Å². The monoisotopic (exact) mass is 544 g/mol. The Hall–Kier alpha value is -4.57. The number of piperidine rings is 1. The van der Waals surface area contributed by atoms with Gasteiger partial charge in [-0.15, -0.1) is 0 Å². The van der Waals surface area contributed by atoms with Crippen LogP contribution in [0.15, 0.2) is 85.5 Å². The van der Waals surface area contributed by atoms with Crippen LogP contribution in [0.2, 0.25) is 0 Å². The molecule has 0 amide bonds. The number of carboxylic acid groups (broad SMARTS) is 1. The molecule has 1 fully saturated rings. The van der Waals surface area contributed by atoms with E-state index in [4.69, 9.17) is 10.8 Å². The minimum atomic E-state index is -2.57. The van der Waals surface area contributed by atoms with E-state index in [1.54, 1.807) is 17.1 Å². The SMILES string of the molecule is Nc1c[nH]c2ncc(-c3cccc(CN4CCCC(F)(F)C4)c3)cc12.O=C(O)c1cnn(Cc2ccccc2)c1. The third-order valence-electron chi connectivity index (χ3n) is 6.77. The molecule has 1 aliphatic rings. The number of nitrogens with one attached hydrogen (secondary N) is 1. The first-order valence-electron chi connectivity index (χ1n) is 13.0. The Kier molecular flexibility index (Phi) is 7.88. The van der Waals surface area contributed by atoms with Crippen LogP contribution in [-0.4, -0.2) is 54.7 Å². The lowest BCUT2D eigenvalue weighted by molar-refractivity contribution is -0.0661. The maximum Gasteiger partial charge on any atom is 0.338 e. The predicted octanol–water partition coefficient (Wildman–Crippen LogP) is 5.67. The number of rotatable bonds is 6. The van der Waals surface area contributed by atoms with E-state index in [1.807, 2.05) is 65.6 Å². The van der Waals surface area contributed by atoms with Crippen molar-refractivity contribution in [3.63, 3.8) is 0 Å². The van der Waals surface area contributed by atoms with Crippen molar-refractivity contribution in [3.8, 4) is 11.1 Å². The second kappa shape index (κ2) is 11.7. The molecule has 1 saturated heterocycles. The zero-order valence-corrected chi connectivity index (χ0v) is 21.8. The van der Waals surface area contributed by atoms with Gasteiger partial charge in [0.1, 0.15) is 5.65 Å². The highest BCUT2D eigenvalue weighted by atomic mass is 19.3. The van der Waals surface area contributed by atoms with Gasteiger partial charge in [-0.25, -0.2) is 18.6 Å². The Morgan fingerprint density at radius 1 is 1.02 bits per heavy atom. The summed E-state index contributed by atoms with van der Waals surface area (Å²) < 4.78 is 28.8. The number of H-pyrrole nitrogens is 1. The lowest BCUT2D eigenvalue weighted by Crippen LogP contribution is -2.41. The first-order valence-corrected chi connectivity index (χ1v) is 13.0. The first kappa shape index (κ1) is 27.0. The Morgan fingerprint density at radius 3 is 2.58 bits per heavy atom. The number of aromatic amines is 1. The number of alkyl halides is 2. The Balaban J connectivity index is 0.000000184. The number of nitrogens with two attached hydrogens (primary N) is 1. The van der Waals surface area contributed by atoms with E-state index in [-0.39, 0.29) is 18.5 Å². The van der Waals surface area contributed by atoms with Gasteiger partial charge >= 0.3 is 5.97 Å². The van der Waals surface area contributed by atoms with Crippen molar-refractivity contribution in [1.82, 2.24) is 24.6 Å². The number of hydrogen-bond acceptors (Lipinski definition) is 5. The van der Waals surface area contributed by atoms with Gasteiger partial charge in [0.25, 0.3) is 5.92 Å². The smallest absolute Gasteiger partial charge is 0.338 e. The number of benzene rings is 2. The number of nitrogen functional groups attached to an aromatic ring is 1. The van der Waals surface area contributed by atoms with E-state index in [0.717, 1.165) is 33.3 Å². The number of fused-ring (bicyclic) bond motifs is 1. The molecular formula is C30H30F2N6O2. The van der Waals surface area contributed by atoms with Gasteiger partial charge in [-0.1, -0.05) is 48.5 Å². The van der Waals surface area contributed by atoms with E-state index >= 15 is 0 Å². The quantitative estimate of drug-likeness (QED) is 0.254. The van der Waals surface area contributed by atoms with Crippen LogP contribution in [0.4, 0.5) is 14.5 Å². The normalized spacial score (nSPS) is 14.9. The van der Waals surface area contributed by atoms with Crippen LogP contribution in [0.25, 0.3) is 22.2 Å². The first-order chi connectivity index (χ1) is 19.3. The van der Waals surface area contributed by atoms with Gasteiger partial charge < -0.3 is 15.8 Å². The molecule has 40 heavy (non-hydrogen) atoms. The molecule has 4 heterocycles. The van der Waals surface area contributed by atoms with E-state index in [2.05, 4.69) is 15.1 Å². The molecule has 8 nitrogen and oxygen atoms in total. The average molecular weight is 545 g/mol. The summed E-state index contributed by atoms with van der Waals surface area (Å²) >= 11 is 0. The zero-order valence-electron chi connectivity index (χ0n) is 21.8. The summed E-state index contributed by atoms with van der Waals surface area (Å²) in [5.41, 5.74) is 11.7. The minimum Gasteiger partial charge on any atom is -0.478 e. The maximum absolute atomic E-state index is 13.6. The molecule has 0 atom stereocenters. The highest BCUT2D eigenvalue weighted by Crippen LogP contribution is 2.29. The number of pyridine rings is 1. The molecule has 0 unspecified atom stereocenters. The number of anilines is 1. The summed E-state index contributed by atoms with van der Waals surface area (Å²) in [6.45, 7) is 1.68. The molecule has 5 aromatic rings. The van der Waals surface area contributed by atoms with E-state index in [9.17, 15) is 13.6 Å². The molecule has 6 rings (SSSR count). The van der Waals surface area contributed by atoms with Gasteiger partial charge in [-0.05, 0) is 41.8 Å². The number of aromatic nitrogens is 4. The van der Waals surface area contributed by atoms with Crippen molar-refractivity contribution in [2.75, 3.05) is 18.8 Å². The summed E-state index contributed by atoms with van der Waals surface area (Å²) in [5, 5.41) is 13.6. The fourth-order valence-electron chi connectivity index (χ4n) is 4.80. The summed E-state index contributed by atoms with van der Waals surface area (Å²) in [7, 11) is 0. The van der Waals surface area contributed by atoms with Crippen molar-refractivity contribution < 1.29 is 18.7 Å². The number of carbonyl (C=O) groups is 1. The zero-order chi connectivity index (χ0) is 28.1. The second-order valence-corrected chi connectivity index (χ2v) is 9.95. The fourth-order valence-corrected chi connectivity index (χ4v) is 4.80. The van der Waals surface area contributed by atoms with Crippen molar-refractivity contribution in [3.05, 3.63) is 102 Å². The van der Waals surface area contributed by atoms with Gasteiger partial charge in [0.2, 0.25) is 0 Å². The highest BCUT2D eigenvalue weighted by molar-refractivity contribution is 5.91. The fraction of sp³-hybridized carbons (Fsp3) is 0.233. The van der Waals surface area contributed by atoms with Gasteiger partial charge in [-0.2, -0.15) is 5.10 Å². The lowest BCUT2D eigenvalue weighted by atomic mass is 10.0. The number of likely N-dealkylation sites (tertiary alicyclic amines) is 1. The molecule has 10 heteroatoms. The molecule has 0 saturated carbocycles. The third-order valence-corrected chi connectivity index (χ3v) is 6.77. The average Bonchev–Trinajstić information content (AvgIpc) is 3.56. The standard InChI is InChI=1S/C19H20F2N4.C11H10N2O2/c20-19(21)5-2-6-25(12-19)11-13-3-1-4-14(7-13)15-8-16-17(22)10-24-18(16)23-9-15;14-11(15)10-6-12-13(8-10)7-9-4-2-1-3-5-9/h1,3-4,7-10H,2,5-6,11-12,22H2,(H,23,24);1-6,8H,7H2,(H,14,15). The highest BCUT2D eigenvalue weighted by Gasteiger charge is 2.34. The summed E-state index contributed by atoms with van der Waals surface area (Å²) in [5.74, 6) is -3.52. The molecule has 3 aromatic heterocycles. The molecule has 2 aromatic carbocycles. The second-order valence-electron chi connectivity index (χ2n) is 9.95. The molecule has 206 valence electrons. The summed E-state index contributed by atoms with van der Waals surface area (Å²) in [4.78, 5) is 19.9. The third kappa shape index (κ3) is 6.70. The number of halogens is 2. The van der Waals surface area contributed by atoms with Gasteiger partial charge in [0.15, 0.2) is 0 Å². The Bertz CT molecular complexity index is 1600. The largest absolute Gasteiger partial charge is 0.478 e. The Labute approximate surface area is 230 Å². The van der Waals surface area contributed by atoms with Crippen LogP contribution in [0.1, 0.15) is 34.3 Å². The van der Waals surface area contributed by atoms with Crippen LogP contribution in [0.5, 0.6) is 0 Å². The number of hydrogen-bond donors (Lipinski definition) is 3. The van der Waals surface area contributed by atoms with Gasteiger partial charge in [0, 0.05) is 42.5 Å². The van der Waals surface area contributed by atoms with Crippen LogP contribution < -0.4 is 5.73 Å². The van der Waals surface area contributed by atoms with Gasteiger partial charge in [-0.3, -0.25) is 9.58 Å². The van der Waals surface area contributed by atoms with Crippen molar-refractivity contribution in [1.29, 1.82) is 0 Å². The summed E-state index contributed by atoms with van der Waals surface area (Å²) in [6.07, 6.45) is 6.94. The predicted molar refractivity (Wildman–Crippen MR) is 150 cm³/mol. The molecule has 0 bridgehead atoms. The van der Waals surface area contributed by atoms with Crippen molar-refractivity contribution in [2.24, 2.45) is 0 Å². The maximum atomic E-state index is 13.6. The molecule has 0 spiro atoms. The van der Waals surface area contributed by atoms with Gasteiger partial charge in [0.05, 0.1) is 30.5 Å². The van der Waals surface area contributed by atoms with Crippen molar-refractivity contribution >= 4 is 22.7 Å². The van der Waals surface area contributed by atoms with Crippen LogP contribution >= 0.6 is 0 Å². The lowest BCUT2D eigenvalue weighted by Gasteiger charge is -2.32. The Morgan fingerprint density at radius 2 is 1.82 bits per heavy atom. The van der Waals surface area contributed by atoms with Crippen LogP contribution in [0.3, 0.4) is 0 Å². The van der Waals surface area contributed by atoms with Crippen molar-refractivity contribution in [2.45, 2.75) is 31.9 Å². The summed E-state index contributed by atoms with van der Waals surface area (Å²) in [6, 6.07) is 19.7. The molecule has 0 radical (unpaired) electrons. The number of aromatic carboxylic acids is 1. The minimum absolute atomic E-state index is 0.00664. The molecular weight excluding hydrogens is 514 g/mol. The van der Waals surface area contributed by atoms with Crippen LogP contribution in [0, 0.1) is 0 Å². The molecule has 4 N–H and O–H groups in total. The van der Waals surface area contributed by atoms with E-state index < -0.39 is 11.9 Å². The topological polar surface area (TPSA) is 113 Å². The molecule has 1 aliphatic heterocycles. The number of nitrogens with zero attached hydrogens (tertiary/aromatic N) is 4. The molecule has 0 aliphatic carbocycles. The number of carboxylic acids is 1. The van der Waals surface area contributed by atoms with E-state index in [1.165, 1.54) is 12.4 Å².